The Morgan fingerprint density at radius 1 is 1.20 bits per heavy atom. The molecular formula is C19H24N2O4. The van der Waals surface area contributed by atoms with Crippen LogP contribution in [0, 0.1) is 23.2 Å². The van der Waals surface area contributed by atoms with Crippen LogP contribution in [0.25, 0.3) is 0 Å². The van der Waals surface area contributed by atoms with E-state index >= 15 is 0 Å². The van der Waals surface area contributed by atoms with E-state index in [-0.39, 0.29) is 25.2 Å². The minimum atomic E-state index is -0.607. The maximum Gasteiger partial charge on any atom is 0.344 e. The van der Waals surface area contributed by atoms with Gasteiger partial charge in [0.25, 0.3) is 5.91 Å². The van der Waals surface area contributed by atoms with E-state index in [4.69, 9.17) is 14.7 Å². The number of hydrogen-bond acceptors (Lipinski definition) is 5. The molecule has 0 aromatic heterocycles. The standard InChI is InChI=1S/C19H24N2O4/c1-13-4-3-5-17(14(13)2)21-18(22)11-25-19(23)12-24-16-8-6-15(10-20)7-9-16/h6-9,13-14,17H,3-5,11-12H2,1-2H3,(H,21,22)/t13-,14-,17-/m1/s1. The number of rotatable bonds is 6. The molecule has 1 aliphatic rings. The summed E-state index contributed by atoms with van der Waals surface area (Å²) in [6.45, 7) is 3.76. The summed E-state index contributed by atoms with van der Waals surface area (Å²) in [5.74, 6) is 0.586. The van der Waals surface area contributed by atoms with Crippen LogP contribution in [0.5, 0.6) is 5.75 Å². The average molecular weight is 344 g/mol. The van der Waals surface area contributed by atoms with Gasteiger partial charge in [-0.15, -0.1) is 0 Å². The summed E-state index contributed by atoms with van der Waals surface area (Å²) in [5, 5.41) is 11.7. The van der Waals surface area contributed by atoms with Gasteiger partial charge < -0.3 is 14.8 Å². The molecule has 1 N–H and O–H groups in total. The third-order valence-corrected chi connectivity index (χ3v) is 4.76. The van der Waals surface area contributed by atoms with Crippen molar-refractivity contribution in [3.8, 4) is 11.8 Å². The van der Waals surface area contributed by atoms with Crippen molar-refractivity contribution in [1.29, 1.82) is 5.26 Å². The Morgan fingerprint density at radius 2 is 1.92 bits per heavy atom. The molecule has 1 amide bonds. The second-order valence-electron chi connectivity index (χ2n) is 6.53. The van der Waals surface area contributed by atoms with E-state index in [1.807, 2.05) is 6.07 Å². The maximum atomic E-state index is 12.0. The number of hydrogen-bond donors (Lipinski definition) is 1. The summed E-state index contributed by atoms with van der Waals surface area (Å²) in [4.78, 5) is 23.6. The lowest BCUT2D eigenvalue weighted by atomic mass is 9.78. The van der Waals surface area contributed by atoms with Crippen molar-refractivity contribution < 1.29 is 19.1 Å². The number of esters is 1. The van der Waals surface area contributed by atoms with E-state index in [0.29, 0.717) is 23.1 Å². The fourth-order valence-corrected chi connectivity index (χ4v) is 2.99. The number of amides is 1. The Kier molecular flexibility index (Phi) is 6.81. The van der Waals surface area contributed by atoms with Crippen molar-refractivity contribution in [1.82, 2.24) is 5.32 Å². The summed E-state index contributed by atoms with van der Waals surface area (Å²) >= 11 is 0. The first kappa shape index (κ1) is 18.8. The quantitative estimate of drug-likeness (QED) is 0.801. The molecule has 0 radical (unpaired) electrons. The molecule has 0 bridgehead atoms. The predicted molar refractivity (Wildman–Crippen MR) is 91.7 cm³/mol. The molecule has 134 valence electrons. The Hall–Kier alpha value is -2.55. The van der Waals surface area contributed by atoms with Crippen molar-refractivity contribution in [3.63, 3.8) is 0 Å². The van der Waals surface area contributed by atoms with Crippen molar-refractivity contribution in [3.05, 3.63) is 29.8 Å². The van der Waals surface area contributed by atoms with Gasteiger partial charge in [0.15, 0.2) is 13.2 Å². The number of nitrogens with one attached hydrogen (secondary N) is 1. The summed E-state index contributed by atoms with van der Waals surface area (Å²) in [6, 6.07) is 8.54. The first-order valence-electron chi connectivity index (χ1n) is 8.57. The minimum Gasteiger partial charge on any atom is -0.482 e. The maximum absolute atomic E-state index is 12.0. The second kappa shape index (κ2) is 9.07. The number of nitriles is 1. The highest BCUT2D eigenvalue weighted by Crippen LogP contribution is 2.29. The summed E-state index contributed by atoms with van der Waals surface area (Å²) in [7, 11) is 0. The molecule has 1 saturated carbocycles. The van der Waals surface area contributed by atoms with Crippen molar-refractivity contribution in [2.75, 3.05) is 13.2 Å². The topological polar surface area (TPSA) is 88.4 Å². The SMILES string of the molecule is C[C@@H]1[C@H](C)CCC[C@H]1NC(=O)COC(=O)COc1ccc(C#N)cc1. The Morgan fingerprint density at radius 3 is 2.60 bits per heavy atom. The molecule has 1 aromatic carbocycles. The fraction of sp³-hybridized carbons (Fsp3) is 0.526. The third kappa shape index (κ3) is 5.79. The molecule has 6 heteroatoms. The molecule has 0 heterocycles. The molecular weight excluding hydrogens is 320 g/mol. The molecule has 0 unspecified atom stereocenters. The molecule has 6 nitrogen and oxygen atoms in total. The van der Waals surface area contributed by atoms with Crippen molar-refractivity contribution in [2.45, 2.75) is 39.2 Å². The number of carbonyl (C=O) groups excluding carboxylic acids is 2. The van der Waals surface area contributed by atoms with Crippen LogP contribution in [0.4, 0.5) is 0 Å². The Balaban J connectivity index is 1.68. The van der Waals surface area contributed by atoms with E-state index < -0.39 is 5.97 Å². The van der Waals surface area contributed by atoms with Crippen LogP contribution in [0.2, 0.25) is 0 Å². The highest BCUT2D eigenvalue weighted by atomic mass is 16.6. The Labute approximate surface area is 148 Å². The minimum absolute atomic E-state index is 0.143. The van der Waals surface area contributed by atoms with Crippen molar-refractivity contribution >= 4 is 11.9 Å². The van der Waals surface area contributed by atoms with Crippen LogP contribution in [0.1, 0.15) is 38.7 Å². The van der Waals surface area contributed by atoms with Gasteiger partial charge in [-0.3, -0.25) is 4.79 Å². The average Bonchev–Trinajstić information content (AvgIpc) is 2.62. The van der Waals surface area contributed by atoms with Gasteiger partial charge in [-0.2, -0.15) is 5.26 Å². The molecule has 1 fully saturated rings. The molecule has 2 rings (SSSR count). The molecule has 0 spiro atoms. The number of ether oxygens (including phenoxy) is 2. The molecule has 1 aromatic rings. The van der Waals surface area contributed by atoms with Crippen molar-refractivity contribution in [2.24, 2.45) is 11.8 Å². The van der Waals surface area contributed by atoms with Gasteiger partial charge in [0.1, 0.15) is 5.75 Å². The molecule has 0 aliphatic heterocycles. The van der Waals surface area contributed by atoms with Gasteiger partial charge in [0, 0.05) is 6.04 Å². The fourth-order valence-electron chi connectivity index (χ4n) is 2.99. The second-order valence-corrected chi connectivity index (χ2v) is 6.53. The third-order valence-electron chi connectivity index (χ3n) is 4.76. The molecule has 1 aliphatic carbocycles. The largest absolute Gasteiger partial charge is 0.482 e. The summed E-state index contributed by atoms with van der Waals surface area (Å²) in [5.41, 5.74) is 0.512. The highest BCUT2D eigenvalue weighted by molar-refractivity contribution is 5.81. The van der Waals surface area contributed by atoms with Crippen LogP contribution in [-0.4, -0.2) is 31.1 Å². The summed E-state index contributed by atoms with van der Waals surface area (Å²) in [6.07, 6.45) is 3.26. The normalized spacial score (nSPS) is 22.5. The van der Waals surface area contributed by atoms with Crippen LogP contribution < -0.4 is 10.1 Å². The van der Waals surface area contributed by atoms with Crippen LogP contribution in [0.15, 0.2) is 24.3 Å². The highest BCUT2D eigenvalue weighted by Gasteiger charge is 2.28. The van der Waals surface area contributed by atoms with Crippen LogP contribution in [-0.2, 0) is 14.3 Å². The number of benzene rings is 1. The Bertz CT molecular complexity index is 636. The zero-order valence-corrected chi connectivity index (χ0v) is 14.7. The van der Waals surface area contributed by atoms with Gasteiger partial charge in [0.05, 0.1) is 11.6 Å². The lowest BCUT2D eigenvalue weighted by Gasteiger charge is -2.34. The monoisotopic (exact) mass is 344 g/mol. The van der Waals surface area contributed by atoms with E-state index in [1.165, 1.54) is 6.42 Å². The van der Waals surface area contributed by atoms with Crippen LogP contribution >= 0.6 is 0 Å². The van der Waals surface area contributed by atoms with Gasteiger partial charge in [-0.05, 0) is 42.5 Å². The number of carbonyl (C=O) groups is 2. The van der Waals surface area contributed by atoms with Gasteiger partial charge in [0.2, 0.25) is 0 Å². The first-order valence-corrected chi connectivity index (χ1v) is 8.57. The summed E-state index contributed by atoms with van der Waals surface area (Å²) < 4.78 is 10.2. The van der Waals surface area contributed by atoms with E-state index in [1.54, 1.807) is 24.3 Å². The van der Waals surface area contributed by atoms with Gasteiger partial charge in [-0.25, -0.2) is 4.79 Å². The van der Waals surface area contributed by atoms with E-state index in [0.717, 1.165) is 12.8 Å². The molecule has 0 saturated heterocycles. The predicted octanol–water partition coefficient (Wildman–Crippen LogP) is 2.42. The molecule has 25 heavy (non-hydrogen) atoms. The molecule has 3 atom stereocenters. The number of nitrogens with zero attached hydrogens (tertiary/aromatic N) is 1. The zero-order chi connectivity index (χ0) is 18.2. The van der Waals surface area contributed by atoms with Gasteiger partial charge >= 0.3 is 5.97 Å². The van der Waals surface area contributed by atoms with E-state index in [9.17, 15) is 9.59 Å². The van der Waals surface area contributed by atoms with E-state index in [2.05, 4.69) is 19.2 Å². The van der Waals surface area contributed by atoms with Gasteiger partial charge in [-0.1, -0.05) is 26.7 Å². The lowest BCUT2D eigenvalue weighted by molar-refractivity contribution is -0.150. The smallest absolute Gasteiger partial charge is 0.344 e. The zero-order valence-electron chi connectivity index (χ0n) is 14.7. The van der Waals surface area contributed by atoms with Crippen LogP contribution in [0.3, 0.4) is 0 Å². The first-order chi connectivity index (χ1) is 12.0. The lowest BCUT2D eigenvalue weighted by Crippen LogP contribution is -2.45.